The maximum Gasteiger partial charge on any atom is 0.292 e. The van der Waals surface area contributed by atoms with Crippen molar-refractivity contribution < 1.29 is 9.59 Å². The van der Waals surface area contributed by atoms with Gasteiger partial charge in [-0.05, 0) is 44.3 Å². The highest BCUT2D eigenvalue weighted by Gasteiger charge is 2.25. The van der Waals surface area contributed by atoms with Crippen molar-refractivity contribution >= 4 is 58.1 Å². The zero-order valence-corrected chi connectivity index (χ0v) is 17.5. The van der Waals surface area contributed by atoms with Crippen LogP contribution in [0.3, 0.4) is 0 Å². The van der Waals surface area contributed by atoms with Gasteiger partial charge in [-0.1, -0.05) is 41.3 Å². The first kappa shape index (κ1) is 18.8. The molecule has 1 amide bonds. The molecule has 0 unspecified atom stereocenters. The SMILES string of the molecule is Cc1cc(C)n(C(=O)c2sc(=S)n(-c3ccccc3)c2/N=C2\NC(=O)CS2)n1. The molecule has 4 rings (SSSR count). The highest BCUT2D eigenvalue weighted by molar-refractivity contribution is 8.15. The molecule has 3 heterocycles. The minimum atomic E-state index is -0.301. The number of benzene rings is 1. The van der Waals surface area contributed by atoms with Gasteiger partial charge in [-0.3, -0.25) is 14.2 Å². The lowest BCUT2D eigenvalue weighted by Gasteiger charge is -2.08. The normalized spacial score (nSPS) is 15.2. The molecule has 1 N–H and O–H groups in total. The molecule has 0 radical (unpaired) electrons. The smallest absolute Gasteiger partial charge is 0.292 e. The monoisotopic (exact) mass is 429 g/mol. The summed E-state index contributed by atoms with van der Waals surface area (Å²) in [5.41, 5.74) is 2.28. The molecule has 28 heavy (non-hydrogen) atoms. The molecule has 3 aromatic rings. The summed E-state index contributed by atoms with van der Waals surface area (Å²) in [5.74, 6) is 0.277. The lowest BCUT2D eigenvalue weighted by molar-refractivity contribution is -0.116. The Hall–Kier alpha value is -2.56. The van der Waals surface area contributed by atoms with E-state index < -0.39 is 0 Å². The van der Waals surface area contributed by atoms with E-state index in [0.29, 0.717) is 25.6 Å². The van der Waals surface area contributed by atoms with Gasteiger partial charge in [-0.25, -0.2) is 4.99 Å². The van der Waals surface area contributed by atoms with Crippen molar-refractivity contribution in [3.8, 4) is 5.69 Å². The Morgan fingerprint density at radius 1 is 1.29 bits per heavy atom. The number of thioether (sulfide) groups is 1. The van der Waals surface area contributed by atoms with Gasteiger partial charge in [0, 0.05) is 11.4 Å². The van der Waals surface area contributed by atoms with Crippen molar-refractivity contribution in [3.05, 3.63) is 56.6 Å². The van der Waals surface area contributed by atoms with Crippen LogP contribution in [-0.4, -0.2) is 37.1 Å². The first-order valence-corrected chi connectivity index (χ1v) is 10.6. The Labute approximate surface area is 174 Å². The maximum absolute atomic E-state index is 13.2. The number of carbonyl (C=O) groups excluding carboxylic acids is 2. The van der Waals surface area contributed by atoms with Crippen LogP contribution < -0.4 is 5.32 Å². The number of nitrogens with zero attached hydrogens (tertiary/aromatic N) is 4. The standard InChI is InChI=1S/C18H15N5O2S3/c1-10-8-11(2)23(21-10)16(25)14-15(20-17-19-13(24)9-27-17)22(18(26)28-14)12-6-4-3-5-7-12/h3-8H,9H2,1-2H3,(H,19,20,24). The van der Waals surface area contributed by atoms with E-state index in [1.54, 1.807) is 4.57 Å². The number of amidine groups is 1. The Morgan fingerprint density at radius 2 is 2.04 bits per heavy atom. The van der Waals surface area contributed by atoms with Crippen molar-refractivity contribution in [2.75, 3.05) is 5.75 Å². The summed E-state index contributed by atoms with van der Waals surface area (Å²) in [6.07, 6.45) is 0. The van der Waals surface area contributed by atoms with Crippen LogP contribution in [0.2, 0.25) is 0 Å². The van der Waals surface area contributed by atoms with E-state index in [0.717, 1.165) is 17.1 Å². The average molecular weight is 430 g/mol. The third kappa shape index (κ3) is 3.46. The molecule has 1 aliphatic heterocycles. The van der Waals surface area contributed by atoms with Gasteiger partial charge in [0.05, 0.1) is 11.4 Å². The molecule has 10 heteroatoms. The van der Waals surface area contributed by atoms with E-state index in [-0.39, 0.29) is 11.8 Å². The largest absolute Gasteiger partial charge is 0.304 e. The second-order valence-corrected chi connectivity index (χ2v) is 8.70. The summed E-state index contributed by atoms with van der Waals surface area (Å²) in [6.45, 7) is 3.66. The molecule has 0 spiro atoms. The molecule has 7 nitrogen and oxygen atoms in total. The molecule has 1 aromatic carbocycles. The number of aliphatic imine (C=N–C) groups is 1. The summed E-state index contributed by atoms with van der Waals surface area (Å²) in [5, 5.41) is 7.45. The number of amides is 1. The second-order valence-electron chi connectivity index (χ2n) is 6.09. The molecule has 0 saturated carbocycles. The second kappa shape index (κ2) is 7.46. The Balaban J connectivity index is 1.92. The lowest BCUT2D eigenvalue weighted by Crippen LogP contribution is -2.20. The number of hydrogen-bond acceptors (Lipinski definition) is 7. The lowest BCUT2D eigenvalue weighted by atomic mass is 10.3. The van der Waals surface area contributed by atoms with Gasteiger partial charge in [0.2, 0.25) is 5.91 Å². The van der Waals surface area contributed by atoms with Crippen LogP contribution in [0.25, 0.3) is 5.69 Å². The molecule has 1 saturated heterocycles. The predicted octanol–water partition coefficient (Wildman–Crippen LogP) is 3.62. The number of carbonyl (C=O) groups is 2. The quantitative estimate of drug-likeness (QED) is 0.643. The van der Waals surface area contributed by atoms with Gasteiger partial charge in [0.25, 0.3) is 5.91 Å². The van der Waals surface area contributed by atoms with E-state index in [9.17, 15) is 9.59 Å². The topological polar surface area (TPSA) is 81.3 Å². The van der Waals surface area contributed by atoms with Crippen molar-refractivity contribution in [1.82, 2.24) is 19.7 Å². The van der Waals surface area contributed by atoms with Crippen LogP contribution in [0.5, 0.6) is 0 Å². The summed E-state index contributed by atoms with van der Waals surface area (Å²) >= 11 is 8.02. The summed E-state index contributed by atoms with van der Waals surface area (Å²) in [6, 6.07) is 11.3. The fourth-order valence-electron chi connectivity index (χ4n) is 2.82. The number of rotatable bonds is 3. The Kier molecular flexibility index (Phi) is 5.00. The molecule has 1 fully saturated rings. The highest BCUT2D eigenvalue weighted by Crippen LogP contribution is 2.33. The van der Waals surface area contributed by atoms with Gasteiger partial charge in [0.15, 0.2) is 14.9 Å². The minimum absolute atomic E-state index is 0.116. The molecule has 0 aliphatic carbocycles. The zero-order valence-electron chi connectivity index (χ0n) is 15.0. The van der Waals surface area contributed by atoms with Crippen molar-refractivity contribution in [2.45, 2.75) is 13.8 Å². The number of hydrogen-bond donors (Lipinski definition) is 1. The molecule has 1 aliphatic rings. The van der Waals surface area contributed by atoms with E-state index in [2.05, 4.69) is 15.4 Å². The van der Waals surface area contributed by atoms with Crippen molar-refractivity contribution in [3.63, 3.8) is 0 Å². The minimum Gasteiger partial charge on any atom is -0.304 e. The summed E-state index contributed by atoms with van der Waals surface area (Å²) < 4.78 is 3.59. The van der Waals surface area contributed by atoms with E-state index in [1.807, 2.05) is 50.2 Å². The fraction of sp³-hybridized carbons (Fsp3) is 0.167. The van der Waals surface area contributed by atoms with Crippen molar-refractivity contribution in [1.29, 1.82) is 0 Å². The van der Waals surface area contributed by atoms with Gasteiger partial charge in [0.1, 0.15) is 4.88 Å². The number of aryl methyl sites for hydroxylation is 2. The molecular formula is C18H15N5O2S3. The number of para-hydroxylation sites is 1. The molecule has 0 atom stereocenters. The fourth-order valence-corrected chi connectivity index (χ4v) is 4.80. The Morgan fingerprint density at radius 3 is 2.64 bits per heavy atom. The van der Waals surface area contributed by atoms with Gasteiger partial charge < -0.3 is 5.32 Å². The van der Waals surface area contributed by atoms with Gasteiger partial charge in [-0.2, -0.15) is 9.78 Å². The zero-order chi connectivity index (χ0) is 19.8. The van der Waals surface area contributed by atoms with Crippen LogP contribution in [-0.2, 0) is 4.79 Å². The molecule has 2 aromatic heterocycles. The first-order chi connectivity index (χ1) is 13.4. The average Bonchev–Trinajstić information content (AvgIpc) is 3.33. The third-order valence-electron chi connectivity index (χ3n) is 3.99. The van der Waals surface area contributed by atoms with E-state index >= 15 is 0 Å². The highest BCUT2D eigenvalue weighted by atomic mass is 32.2. The molecule has 0 bridgehead atoms. The van der Waals surface area contributed by atoms with Crippen LogP contribution in [0.4, 0.5) is 5.82 Å². The number of nitrogens with one attached hydrogen (secondary N) is 1. The van der Waals surface area contributed by atoms with Gasteiger partial charge in [-0.15, -0.1) is 0 Å². The van der Waals surface area contributed by atoms with E-state index in [1.165, 1.54) is 27.8 Å². The van der Waals surface area contributed by atoms with Crippen LogP contribution in [0.15, 0.2) is 41.4 Å². The number of thiazole rings is 1. The van der Waals surface area contributed by atoms with Gasteiger partial charge >= 0.3 is 0 Å². The third-order valence-corrected chi connectivity index (χ3v) is 6.22. The van der Waals surface area contributed by atoms with Crippen molar-refractivity contribution in [2.24, 2.45) is 4.99 Å². The molecular weight excluding hydrogens is 414 g/mol. The summed E-state index contributed by atoms with van der Waals surface area (Å²) in [4.78, 5) is 29.7. The summed E-state index contributed by atoms with van der Waals surface area (Å²) in [7, 11) is 0. The maximum atomic E-state index is 13.2. The number of aromatic nitrogens is 3. The van der Waals surface area contributed by atoms with Crippen LogP contribution in [0, 0.1) is 17.8 Å². The molecule has 142 valence electrons. The van der Waals surface area contributed by atoms with Crippen LogP contribution >= 0.6 is 35.3 Å². The van der Waals surface area contributed by atoms with Crippen LogP contribution in [0.1, 0.15) is 21.1 Å². The Bertz CT molecular complexity index is 1170. The van der Waals surface area contributed by atoms with E-state index in [4.69, 9.17) is 12.2 Å². The predicted molar refractivity (Wildman–Crippen MR) is 114 cm³/mol. The first-order valence-electron chi connectivity index (χ1n) is 8.34.